The lowest BCUT2D eigenvalue weighted by Gasteiger charge is -2.39. The van der Waals surface area contributed by atoms with Crippen LogP contribution in [-0.2, 0) is 4.79 Å². The molecule has 146 valence electrons. The van der Waals surface area contributed by atoms with Crippen molar-refractivity contribution in [1.82, 2.24) is 19.7 Å². The summed E-state index contributed by atoms with van der Waals surface area (Å²) in [5.41, 5.74) is 0.968. The van der Waals surface area contributed by atoms with E-state index in [9.17, 15) is 4.79 Å². The zero-order valence-corrected chi connectivity index (χ0v) is 17.3. The average molecular weight is 389 g/mol. The molecule has 1 aromatic carbocycles. The van der Waals surface area contributed by atoms with Crippen LogP contribution in [0.2, 0.25) is 0 Å². The third kappa shape index (κ3) is 4.46. The van der Waals surface area contributed by atoms with E-state index in [1.54, 1.807) is 0 Å². The Kier molecular flexibility index (Phi) is 6.42. The maximum atomic E-state index is 12.8. The summed E-state index contributed by atoms with van der Waals surface area (Å²) in [6.07, 6.45) is 3.37. The van der Waals surface area contributed by atoms with Crippen LogP contribution in [0.5, 0.6) is 5.75 Å². The first-order valence-electron chi connectivity index (χ1n) is 9.60. The maximum absolute atomic E-state index is 12.8. The van der Waals surface area contributed by atoms with Crippen molar-refractivity contribution in [2.24, 2.45) is 0 Å². The summed E-state index contributed by atoms with van der Waals surface area (Å²) in [6, 6.07) is 8.48. The Hall–Kier alpha value is -2.02. The molecular formula is C20H28N4O2S. The van der Waals surface area contributed by atoms with Gasteiger partial charge in [0.25, 0.3) is 0 Å². The zero-order chi connectivity index (χ0) is 19.4. The highest BCUT2D eigenvalue weighted by Gasteiger charge is 2.29. The Labute approximate surface area is 165 Å². The van der Waals surface area contributed by atoms with Gasteiger partial charge in [0.2, 0.25) is 5.91 Å². The number of amides is 1. The van der Waals surface area contributed by atoms with Crippen molar-refractivity contribution in [2.45, 2.75) is 64.2 Å². The van der Waals surface area contributed by atoms with Crippen LogP contribution in [0.15, 0.2) is 29.4 Å². The van der Waals surface area contributed by atoms with Gasteiger partial charge in [-0.25, -0.2) is 0 Å². The fourth-order valence-electron chi connectivity index (χ4n) is 3.71. The summed E-state index contributed by atoms with van der Waals surface area (Å²) in [6.45, 7) is 8.81. The molecule has 0 radical (unpaired) electrons. The van der Waals surface area contributed by atoms with Crippen LogP contribution in [0.1, 0.15) is 45.9 Å². The molecule has 7 heteroatoms. The van der Waals surface area contributed by atoms with Crippen LogP contribution >= 0.6 is 11.8 Å². The molecule has 3 rings (SSSR count). The molecule has 6 nitrogen and oxygen atoms in total. The van der Waals surface area contributed by atoms with Crippen molar-refractivity contribution in [3.63, 3.8) is 0 Å². The van der Waals surface area contributed by atoms with E-state index in [0.29, 0.717) is 24.4 Å². The number of carbonyl (C=O) groups excluding carboxylic acids is 1. The first-order valence-corrected chi connectivity index (χ1v) is 10.6. The molecule has 1 aliphatic heterocycles. The van der Waals surface area contributed by atoms with Crippen molar-refractivity contribution in [1.29, 1.82) is 0 Å². The highest BCUT2D eigenvalue weighted by Crippen LogP contribution is 2.27. The van der Waals surface area contributed by atoms with Gasteiger partial charge in [-0.15, -0.1) is 10.2 Å². The van der Waals surface area contributed by atoms with Crippen LogP contribution in [0.4, 0.5) is 0 Å². The SMILES string of the molecule is CCOc1ccc(-n2c(C)nnc2SCC(=O)N2[C@H](C)CCC[C@@H]2C)cc1. The zero-order valence-electron chi connectivity index (χ0n) is 16.5. The topological polar surface area (TPSA) is 60.2 Å². The largest absolute Gasteiger partial charge is 0.494 e. The van der Waals surface area contributed by atoms with Crippen LogP contribution in [0, 0.1) is 6.92 Å². The molecule has 1 saturated heterocycles. The Morgan fingerprint density at radius 1 is 1.19 bits per heavy atom. The normalized spacial score (nSPS) is 19.9. The van der Waals surface area contributed by atoms with E-state index in [0.717, 1.165) is 35.3 Å². The minimum atomic E-state index is 0.179. The second-order valence-corrected chi connectivity index (χ2v) is 7.95. The molecule has 2 atom stereocenters. The molecule has 1 aliphatic rings. The molecule has 1 fully saturated rings. The predicted octanol–water partition coefficient (Wildman–Crippen LogP) is 3.86. The van der Waals surface area contributed by atoms with Gasteiger partial charge in [0.05, 0.1) is 12.4 Å². The van der Waals surface area contributed by atoms with Crippen molar-refractivity contribution < 1.29 is 9.53 Å². The molecule has 0 bridgehead atoms. The van der Waals surface area contributed by atoms with E-state index in [4.69, 9.17) is 4.74 Å². The molecule has 0 N–H and O–H groups in total. The molecule has 2 aromatic rings. The van der Waals surface area contributed by atoms with Crippen molar-refractivity contribution in [2.75, 3.05) is 12.4 Å². The number of thioether (sulfide) groups is 1. The number of aromatic nitrogens is 3. The number of aryl methyl sites for hydroxylation is 1. The molecule has 0 aliphatic carbocycles. The molecule has 1 aromatic heterocycles. The third-order valence-electron chi connectivity index (χ3n) is 5.01. The van der Waals surface area contributed by atoms with Crippen LogP contribution in [0.3, 0.4) is 0 Å². The molecule has 0 spiro atoms. The van der Waals surface area contributed by atoms with Crippen LogP contribution in [-0.4, -0.2) is 50.0 Å². The van der Waals surface area contributed by atoms with E-state index in [1.165, 1.54) is 18.2 Å². The maximum Gasteiger partial charge on any atom is 0.233 e. The number of benzene rings is 1. The van der Waals surface area contributed by atoms with Gasteiger partial charge < -0.3 is 9.64 Å². The lowest BCUT2D eigenvalue weighted by molar-refractivity contribution is -0.134. The third-order valence-corrected chi connectivity index (χ3v) is 5.92. The van der Waals surface area contributed by atoms with E-state index < -0.39 is 0 Å². The summed E-state index contributed by atoms with van der Waals surface area (Å²) in [4.78, 5) is 14.8. The molecule has 2 heterocycles. The summed E-state index contributed by atoms with van der Waals surface area (Å²) in [7, 11) is 0. The fraction of sp³-hybridized carbons (Fsp3) is 0.550. The van der Waals surface area contributed by atoms with E-state index in [2.05, 4.69) is 24.0 Å². The van der Waals surface area contributed by atoms with Crippen LogP contribution < -0.4 is 4.74 Å². The number of ether oxygens (including phenoxy) is 1. The minimum absolute atomic E-state index is 0.179. The van der Waals surface area contributed by atoms with Gasteiger partial charge in [-0.3, -0.25) is 9.36 Å². The smallest absolute Gasteiger partial charge is 0.233 e. The Morgan fingerprint density at radius 2 is 1.85 bits per heavy atom. The Bertz CT molecular complexity index is 765. The first kappa shape index (κ1) is 19.7. The predicted molar refractivity (Wildman–Crippen MR) is 108 cm³/mol. The molecule has 1 amide bonds. The lowest BCUT2D eigenvalue weighted by Crippen LogP contribution is -2.48. The minimum Gasteiger partial charge on any atom is -0.494 e. The number of nitrogens with zero attached hydrogens (tertiary/aromatic N) is 4. The van der Waals surface area contributed by atoms with Gasteiger partial charge in [-0.05, 0) is 71.2 Å². The van der Waals surface area contributed by atoms with E-state index in [1.807, 2.05) is 47.6 Å². The van der Waals surface area contributed by atoms with E-state index in [-0.39, 0.29) is 5.91 Å². The van der Waals surface area contributed by atoms with Gasteiger partial charge in [0.15, 0.2) is 5.16 Å². The molecular weight excluding hydrogens is 360 g/mol. The standard InChI is InChI=1S/C20H28N4O2S/c1-5-26-18-11-9-17(10-12-18)24-16(4)21-22-20(24)27-13-19(25)23-14(2)7-6-8-15(23)3/h9-12,14-15H,5-8,13H2,1-4H3/t14-,15+. The second-order valence-electron chi connectivity index (χ2n) is 7.01. The highest BCUT2D eigenvalue weighted by molar-refractivity contribution is 7.99. The molecule has 27 heavy (non-hydrogen) atoms. The number of hydrogen-bond donors (Lipinski definition) is 0. The van der Waals surface area contributed by atoms with Gasteiger partial charge >= 0.3 is 0 Å². The monoisotopic (exact) mass is 388 g/mol. The second kappa shape index (κ2) is 8.78. The number of rotatable bonds is 6. The van der Waals surface area contributed by atoms with Crippen molar-refractivity contribution in [3.8, 4) is 11.4 Å². The van der Waals surface area contributed by atoms with Crippen LogP contribution in [0.25, 0.3) is 5.69 Å². The van der Waals surface area contributed by atoms with Crippen molar-refractivity contribution >= 4 is 17.7 Å². The summed E-state index contributed by atoms with van der Waals surface area (Å²) in [5, 5.41) is 9.23. The van der Waals surface area contributed by atoms with Gasteiger partial charge in [-0.1, -0.05) is 11.8 Å². The van der Waals surface area contributed by atoms with Crippen molar-refractivity contribution in [3.05, 3.63) is 30.1 Å². The quantitative estimate of drug-likeness (QED) is 0.704. The van der Waals surface area contributed by atoms with E-state index >= 15 is 0 Å². The van der Waals surface area contributed by atoms with Gasteiger partial charge in [0.1, 0.15) is 11.6 Å². The Balaban J connectivity index is 1.72. The number of piperidine rings is 1. The fourth-order valence-corrected chi connectivity index (χ4v) is 4.57. The summed E-state index contributed by atoms with van der Waals surface area (Å²) in [5.74, 6) is 2.20. The summed E-state index contributed by atoms with van der Waals surface area (Å²) >= 11 is 1.45. The summed E-state index contributed by atoms with van der Waals surface area (Å²) < 4.78 is 7.49. The Morgan fingerprint density at radius 3 is 2.48 bits per heavy atom. The highest BCUT2D eigenvalue weighted by atomic mass is 32.2. The molecule has 0 unspecified atom stereocenters. The average Bonchev–Trinajstić information content (AvgIpc) is 3.01. The molecule has 0 saturated carbocycles. The number of likely N-dealkylation sites (tertiary alicyclic amines) is 1. The number of carbonyl (C=O) groups is 1. The number of hydrogen-bond acceptors (Lipinski definition) is 5. The van der Waals surface area contributed by atoms with Gasteiger partial charge in [0, 0.05) is 17.8 Å². The van der Waals surface area contributed by atoms with Gasteiger partial charge in [-0.2, -0.15) is 0 Å². The first-order chi connectivity index (χ1) is 13.0. The lowest BCUT2D eigenvalue weighted by atomic mass is 9.98.